The van der Waals surface area contributed by atoms with E-state index in [1.165, 1.54) is 14.6 Å². The van der Waals surface area contributed by atoms with Gasteiger partial charge in [-0.1, -0.05) is 0 Å². The molecule has 0 aliphatic rings. The average molecular weight is 351 g/mol. The minimum absolute atomic E-state index is 0.355. The number of rotatable bonds is 7. The van der Waals surface area contributed by atoms with E-state index in [0.717, 1.165) is 36.9 Å². The van der Waals surface area contributed by atoms with Gasteiger partial charge in [0.1, 0.15) is 0 Å². The summed E-state index contributed by atoms with van der Waals surface area (Å²) in [5, 5.41) is 7.97. The second-order valence-electron chi connectivity index (χ2n) is 5.64. The van der Waals surface area contributed by atoms with Crippen LogP contribution >= 0.6 is 22.7 Å². The zero-order valence-corrected chi connectivity index (χ0v) is 16.0. The molecule has 0 saturated heterocycles. The molecule has 0 fully saturated rings. The fourth-order valence-electron chi connectivity index (χ4n) is 2.28. The van der Waals surface area contributed by atoms with Crippen molar-refractivity contribution in [1.29, 1.82) is 0 Å². The van der Waals surface area contributed by atoms with Crippen molar-refractivity contribution < 1.29 is 0 Å². The van der Waals surface area contributed by atoms with E-state index in [-0.39, 0.29) is 0 Å². The molecule has 2 aromatic heterocycles. The van der Waals surface area contributed by atoms with Crippen LogP contribution in [0.1, 0.15) is 33.5 Å². The second kappa shape index (κ2) is 9.03. The smallest absolute Gasteiger partial charge is 0.191 e. The van der Waals surface area contributed by atoms with Crippen LogP contribution in [0.4, 0.5) is 0 Å². The number of nitrogens with zero attached hydrogens (tertiary/aromatic N) is 2. The topological polar surface area (TPSA) is 49.3 Å². The molecular formula is C17H26N4S2. The molecule has 2 aromatic rings. The van der Waals surface area contributed by atoms with Gasteiger partial charge in [0.15, 0.2) is 5.96 Å². The van der Waals surface area contributed by atoms with Crippen molar-refractivity contribution in [3.05, 3.63) is 38.0 Å². The van der Waals surface area contributed by atoms with Crippen molar-refractivity contribution in [2.75, 3.05) is 13.1 Å². The first-order chi connectivity index (χ1) is 11.1. The third-order valence-corrected chi connectivity index (χ3v) is 5.29. The van der Waals surface area contributed by atoms with Crippen molar-refractivity contribution in [2.45, 2.75) is 46.6 Å². The Morgan fingerprint density at radius 1 is 1.26 bits per heavy atom. The fraction of sp³-hybridized carbons (Fsp3) is 0.529. The molecule has 2 rings (SSSR count). The largest absolute Gasteiger partial charge is 0.357 e. The molecule has 4 nitrogen and oxygen atoms in total. The number of thiophene rings is 1. The van der Waals surface area contributed by atoms with Gasteiger partial charge in [-0.25, -0.2) is 4.98 Å². The first kappa shape index (κ1) is 17.9. The van der Waals surface area contributed by atoms with E-state index < -0.39 is 0 Å². The molecule has 0 amide bonds. The highest BCUT2D eigenvalue weighted by atomic mass is 32.1. The van der Waals surface area contributed by atoms with Crippen LogP contribution in [-0.2, 0) is 12.8 Å². The molecule has 2 heterocycles. The number of aromatic nitrogens is 1. The number of hydrogen-bond donors (Lipinski definition) is 2. The third-order valence-electron chi connectivity index (χ3n) is 3.30. The summed E-state index contributed by atoms with van der Waals surface area (Å²) >= 11 is 3.62. The first-order valence-corrected chi connectivity index (χ1v) is 9.71. The zero-order valence-electron chi connectivity index (χ0n) is 14.3. The van der Waals surface area contributed by atoms with E-state index in [2.05, 4.69) is 60.4 Å². The van der Waals surface area contributed by atoms with E-state index in [9.17, 15) is 0 Å². The Hall–Kier alpha value is -1.40. The molecular weight excluding hydrogens is 324 g/mol. The Balaban J connectivity index is 1.85. The van der Waals surface area contributed by atoms with Crippen LogP contribution in [-0.4, -0.2) is 30.1 Å². The van der Waals surface area contributed by atoms with E-state index >= 15 is 0 Å². The summed E-state index contributed by atoms with van der Waals surface area (Å²) in [6.07, 6.45) is 3.85. The fourth-order valence-corrected chi connectivity index (χ4v) is 4.08. The van der Waals surface area contributed by atoms with Crippen LogP contribution in [0.25, 0.3) is 0 Å². The number of aliphatic imine (C=N–C) groups is 1. The van der Waals surface area contributed by atoms with Gasteiger partial charge in [-0.2, -0.15) is 0 Å². The standard InChI is InChI=1S/C17H26N4S2/c1-5-18-17(19-9-8-16-20-11-14(4)23-16)21-12(2)10-15-7-6-13(3)22-15/h6-7,11-12H,5,8-10H2,1-4H3,(H2,18,19,21). The van der Waals surface area contributed by atoms with Crippen molar-refractivity contribution in [1.82, 2.24) is 15.6 Å². The quantitative estimate of drug-likeness (QED) is 0.593. The molecule has 0 aliphatic carbocycles. The van der Waals surface area contributed by atoms with Gasteiger partial charge in [0.2, 0.25) is 0 Å². The molecule has 0 spiro atoms. The van der Waals surface area contributed by atoms with Gasteiger partial charge in [0, 0.05) is 52.8 Å². The Morgan fingerprint density at radius 3 is 2.70 bits per heavy atom. The Morgan fingerprint density at radius 2 is 2.09 bits per heavy atom. The summed E-state index contributed by atoms with van der Waals surface area (Å²) in [5.41, 5.74) is 0. The Bertz CT molecular complexity index is 630. The summed E-state index contributed by atoms with van der Waals surface area (Å²) in [4.78, 5) is 13.1. The average Bonchev–Trinajstić information content (AvgIpc) is 3.08. The molecule has 126 valence electrons. The predicted molar refractivity (Wildman–Crippen MR) is 102 cm³/mol. The monoisotopic (exact) mass is 350 g/mol. The summed E-state index contributed by atoms with van der Waals surface area (Å²) in [5.74, 6) is 0.890. The van der Waals surface area contributed by atoms with Gasteiger partial charge < -0.3 is 10.6 Å². The molecule has 0 aromatic carbocycles. The van der Waals surface area contributed by atoms with Crippen LogP contribution in [0.2, 0.25) is 0 Å². The van der Waals surface area contributed by atoms with Crippen LogP contribution in [0.3, 0.4) is 0 Å². The van der Waals surface area contributed by atoms with Crippen LogP contribution in [0.15, 0.2) is 23.3 Å². The molecule has 0 saturated carbocycles. The van der Waals surface area contributed by atoms with Crippen LogP contribution < -0.4 is 10.6 Å². The number of aryl methyl sites for hydroxylation is 2. The van der Waals surface area contributed by atoms with Gasteiger partial charge >= 0.3 is 0 Å². The summed E-state index contributed by atoms with van der Waals surface area (Å²) in [6, 6.07) is 4.75. The number of guanidine groups is 1. The molecule has 2 N–H and O–H groups in total. The highest BCUT2D eigenvalue weighted by Crippen LogP contribution is 2.16. The third kappa shape index (κ3) is 6.31. The van der Waals surface area contributed by atoms with Crippen molar-refractivity contribution in [3.8, 4) is 0 Å². The molecule has 0 radical (unpaired) electrons. The molecule has 0 bridgehead atoms. The SMILES string of the molecule is CCNC(=NCCc1ncc(C)s1)NC(C)Cc1ccc(C)s1. The molecule has 1 unspecified atom stereocenters. The number of thiazole rings is 1. The molecule has 23 heavy (non-hydrogen) atoms. The highest BCUT2D eigenvalue weighted by molar-refractivity contribution is 7.12. The van der Waals surface area contributed by atoms with E-state index in [1.807, 2.05) is 17.5 Å². The highest BCUT2D eigenvalue weighted by Gasteiger charge is 2.08. The Labute approximate surface area is 147 Å². The van der Waals surface area contributed by atoms with Crippen LogP contribution in [0.5, 0.6) is 0 Å². The lowest BCUT2D eigenvalue weighted by Gasteiger charge is -2.17. The molecule has 0 aliphatic heterocycles. The van der Waals surface area contributed by atoms with E-state index in [1.54, 1.807) is 11.3 Å². The lowest BCUT2D eigenvalue weighted by atomic mass is 10.2. The van der Waals surface area contributed by atoms with Gasteiger partial charge in [0.25, 0.3) is 0 Å². The number of nitrogens with one attached hydrogen (secondary N) is 2. The number of hydrogen-bond acceptors (Lipinski definition) is 4. The summed E-state index contributed by atoms with van der Waals surface area (Å²) in [7, 11) is 0. The zero-order chi connectivity index (χ0) is 16.7. The normalized spacial score (nSPS) is 13.1. The summed E-state index contributed by atoms with van der Waals surface area (Å²) < 4.78 is 0. The molecule has 6 heteroatoms. The maximum absolute atomic E-state index is 4.67. The Kier molecular flexibility index (Phi) is 7.05. The lowest BCUT2D eigenvalue weighted by Crippen LogP contribution is -2.43. The second-order valence-corrected chi connectivity index (χ2v) is 8.33. The van der Waals surface area contributed by atoms with Gasteiger partial charge in [-0.3, -0.25) is 4.99 Å². The minimum Gasteiger partial charge on any atom is -0.357 e. The van der Waals surface area contributed by atoms with Crippen molar-refractivity contribution in [2.24, 2.45) is 4.99 Å². The van der Waals surface area contributed by atoms with Crippen molar-refractivity contribution >= 4 is 28.6 Å². The maximum atomic E-state index is 4.67. The summed E-state index contributed by atoms with van der Waals surface area (Å²) in [6.45, 7) is 10.2. The maximum Gasteiger partial charge on any atom is 0.191 e. The van der Waals surface area contributed by atoms with Crippen LogP contribution in [0, 0.1) is 13.8 Å². The van der Waals surface area contributed by atoms with E-state index in [0.29, 0.717) is 6.04 Å². The minimum atomic E-state index is 0.355. The molecule has 1 atom stereocenters. The van der Waals surface area contributed by atoms with Gasteiger partial charge in [-0.15, -0.1) is 22.7 Å². The predicted octanol–water partition coefficient (Wildman–Crippen LogP) is 3.55. The van der Waals surface area contributed by atoms with Gasteiger partial charge in [0.05, 0.1) is 5.01 Å². The lowest BCUT2D eigenvalue weighted by molar-refractivity contribution is 0.645. The van der Waals surface area contributed by atoms with E-state index in [4.69, 9.17) is 0 Å². The van der Waals surface area contributed by atoms with Gasteiger partial charge in [-0.05, 0) is 39.8 Å². The first-order valence-electron chi connectivity index (χ1n) is 8.08. The van der Waals surface area contributed by atoms with Crippen molar-refractivity contribution in [3.63, 3.8) is 0 Å².